The third-order valence-corrected chi connectivity index (χ3v) is 3.92. The van der Waals surface area contributed by atoms with E-state index in [0.717, 1.165) is 17.3 Å². The highest BCUT2D eigenvalue weighted by Crippen LogP contribution is 2.38. The minimum Gasteiger partial charge on any atom is -0.302 e. The molecule has 1 aromatic rings. The van der Waals surface area contributed by atoms with Crippen LogP contribution in [0.5, 0.6) is 0 Å². The van der Waals surface area contributed by atoms with Crippen molar-refractivity contribution in [3.63, 3.8) is 0 Å². The first-order valence-electron chi connectivity index (χ1n) is 5.76. The molecule has 0 aromatic carbocycles. The second-order valence-electron chi connectivity index (χ2n) is 4.88. The Morgan fingerprint density at radius 3 is 2.73 bits per heavy atom. The second-order valence-corrected chi connectivity index (χ2v) is 4.88. The fourth-order valence-electron chi connectivity index (χ4n) is 2.86. The largest absolute Gasteiger partial charge is 0.302 e. The van der Waals surface area contributed by atoms with Crippen LogP contribution in [-0.2, 0) is 0 Å². The summed E-state index contributed by atoms with van der Waals surface area (Å²) >= 11 is 0. The zero-order valence-corrected chi connectivity index (χ0v) is 9.40. The Hall–Kier alpha value is -0.960. The van der Waals surface area contributed by atoms with Gasteiger partial charge in [0.05, 0.1) is 17.1 Å². The molecule has 0 amide bonds. The minimum absolute atomic E-state index is 0.644. The van der Waals surface area contributed by atoms with Crippen LogP contribution in [0.3, 0.4) is 0 Å². The molecule has 3 heteroatoms. The van der Waals surface area contributed by atoms with E-state index in [9.17, 15) is 0 Å². The number of fused-ring (bicyclic) bond motifs is 2. The van der Waals surface area contributed by atoms with Crippen LogP contribution in [0, 0.1) is 19.8 Å². The first kappa shape index (κ1) is 9.28. The second kappa shape index (κ2) is 3.27. The van der Waals surface area contributed by atoms with Crippen molar-refractivity contribution in [2.75, 3.05) is 19.6 Å². The number of aromatic nitrogens is 2. The van der Waals surface area contributed by atoms with Gasteiger partial charge in [0.15, 0.2) is 0 Å². The van der Waals surface area contributed by atoms with Gasteiger partial charge < -0.3 is 4.90 Å². The summed E-state index contributed by atoms with van der Waals surface area (Å²) in [5.41, 5.74) is 3.36. The average Bonchev–Trinajstić information content (AvgIpc) is 2.83. The first-order chi connectivity index (χ1) is 7.24. The van der Waals surface area contributed by atoms with E-state index in [-0.39, 0.29) is 0 Å². The molecule has 3 rings (SSSR count). The summed E-state index contributed by atoms with van der Waals surface area (Å²) in [5, 5.41) is 0. The Morgan fingerprint density at radius 1 is 1.27 bits per heavy atom. The summed E-state index contributed by atoms with van der Waals surface area (Å²) in [6.07, 6.45) is 3.33. The van der Waals surface area contributed by atoms with Crippen LogP contribution in [0.15, 0.2) is 6.20 Å². The highest BCUT2D eigenvalue weighted by molar-refractivity contribution is 5.17. The van der Waals surface area contributed by atoms with E-state index in [2.05, 4.69) is 21.8 Å². The summed E-state index contributed by atoms with van der Waals surface area (Å²) in [5.74, 6) is 1.48. The van der Waals surface area contributed by atoms with Crippen LogP contribution in [-0.4, -0.2) is 34.5 Å². The van der Waals surface area contributed by atoms with Crippen LogP contribution >= 0.6 is 0 Å². The first-order valence-corrected chi connectivity index (χ1v) is 5.76. The van der Waals surface area contributed by atoms with Crippen molar-refractivity contribution in [3.05, 3.63) is 23.3 Å². The van der Waals surface area contributed by atoms with Gasteiger partial charge in [-0.2, -0.15) is 0 Å². The molecule has 2 saturated heterocycles. The molecule has 2 bridgehead atoms. The minimum atomic E-state index is 0.644. The molecule has 15 heavy (non-hydrogen) atoms. The van der Waals surface area contributed by atoms with Gasteiger partial charge in [0.2, 0.25) is 0 Å². The molecular formula is C12H17N3. The predicted molar refractivity (Wildman–Crippen MR) is 58.8 cm³/mol. The van der Waals surface area contributed by atoms with Crippen molar-refractivity contribution in [1.29, 1.82) is 0 Å². The van der Waals surface area contributed by atoms with Gasteiger partial charge in [0.25, 0.3) is 0 Å². The lowest BCUT2D eigenvalue weighted by Gasteiger charge is -2.21. The maximum atomic E-state index is 4.68. The molecule has 3 unspecified atom stereocenters. The molecule has 2 aliphatic rings. The summed E-state index contributed by atoms with van der Waals surface area (Å²) in [6.45, 7) is 7.84. The van der Waals surface area contributed by atoms with Crippen molar-refractivity contribution in [2.24, 2.45) is 5.92 Å². The van der Waals surface area contributed by atoms with E-state index in [4.69, 9.17) is 0 Å². The smallest absolute Gasteiger partial charge is 0.0637 e. The number of piperidine rings is 1. The van der Waals surface area contributed by atoms with Gasteiger partial charge >= 0.3 is 0 Å². The van der Waals surface area contributed by atoms with Crippen molar-refractivity contribution >= 4 is 0 Å². The Morgan fingerprint density at radius 2 is 2.13 bits per heavy atom. The van der Waals surface area contributed by atoms with Gasteiger partial charge in [0.1, 0.15) is 0 Å². The third-order valence-electron chi connectivity index (χ3n) is 3.92. The topological polar surface area (TPSA) is 29.0 Å². The summed E-state index contributed by atoms with van der Waals surface area (Å²) < 4.78 is 0. The molecule has 80 valence electrons. The molecule has 0 radical (unpaired) electrons. The fraction of sp³-hybridized carbons (Fsp3) is 0.667. The van der Waals surface area contributed by atoms with E-state index < -0.39 is 0 Å². The number of hydrogen-bond donors (Lipinski definition) is 0. The zero-order chi connectivity index (χ0) is 10.4. The average molecular weight is 203 g/mol. The van der Waals surface area contributed by atoms with Crippen molar-refractivity contribution < 1.29 is 0 Å². The molecular weight excluding hydrogens is 186 g/mol. The van der Waals surface area contributed by atoms with E-state index in [1.807, 2.05) is 13.1 Å². The monoisotopic (exact) mass is 203 g/mol. The summed E-state index contributed by atoms with van der Waals surface area (Å²) in [7, 11) is 0. The molecule has 1 aromatic heterocycles. The normalized spacial score (nSPS) is 33.6. The maximum Gasteiger partial charge on any atom is 0.0637 e. The van der Waals surface area contributed by atoms with E-state index in [1.165, 1.54) is 31.7 Å². The SMILES string of the molecule is Cc1ncc(C2CN3CCC2C3)nc1C. The lowest BCUT2D eigenvalue weighted by molar-refractivity contribution is 0.343. The molecule has 0 spiro atoms. The molecule has 2 fully saturated rings. The van der Waals surface area contributed by atoms with E-state index >= 15 is 0 Å². The standard InChI is InChI=1S/C12H17N3/c1-8-9(2)14-12(5-13-8)11-7-15-4-3-10(11)6-15/h5,10-11H,3-4,6-7H2,1-2H3. The predicted octanol–water partition coefficient (Wildman–Crippen LogP) is 1.51. The number of rotatable bonds is 1. The van der Waals surface area contributed by atoms with Gasteiger partial charge in [-0.3, -0.25) is 9.97 Å². The Bertz CT molecular complexity index is 388. The van der Waals surface area contributed by atoms with Gasteiger partial charge in [-0.1, -0.05) is 0 Å². The third kappa shape index (κ3) is 1.46. The summed E-state index contributed by atoms with van der Waals surface area (Å²) in [4.78, 5) is 11.7. The van der Waals surface area contributed by atoms with Crippen LogP contribution < -0.4 is 0 Å². The lowest BCUT2D eigenvalue weighted by atomic mass is 9.90. The van der Waals surface area contributed by atoms with Gasteiger partial charge in [-0.25, -0.2) is 0 Å². The van der Waals surface area contributed by atoms with Gasteiger partial charge in [0, 0.05) is 25.2 Å². The summed E-state index contributed by atoms with van der Waals surface area (Å²) in [6, 6.07) is 0. The van der Waals surface area contributed by atoms with Crippen LogP contribution in [0.1, 0.15) is 29.4 Å². The fourth-order valence-corrected chi connectivity index (χ4v) is 2.86. The molecule has 3 atom stereocenters. The van der Waals surface area contributed by atoms with Crippen molar-refractivity contribution in [2.45, 2.75) is 26.2 Å². The molecule has 3 nitrogen and oxygen atoms in total. The maximum absolute atomic E-state index is 4.68. The Balaban J connectivity index is 1.90. The van der Waals surface area contributed by atoms with Crippen LogP contribution in [0.4, 0.5) is 0 Å². The Labute approximate surface area is 90.5 Å². The van der Waals surface area contributed by atoms with Crippen molar-refractivity contribution in [3.8, 4) is 0 Å². The van der Waals surface area contributed by atoms with Crippen LogP contribution in [0.25, 0.3) is 0 Å². The zero-order valence-electron chi connectivity index (χ0n) is 9.40. The highest BCUT2D eigenvalue weighted by Gasteiger charge is 2.39. The lowest BCUT2D eigenvalue weighted by Crippen LogP contribution is -2.23. The van der Waals surface area contributed by atoms with Gasteiger partial charge in [-0.15, -0.1) is 0 Å². The van der Waals surface area contributed by atoms with E-state index in [1.54, 1.807) is 0 Å². The van der Waals surface area contributed by atoms with Crippen molar-refractivity contribution in [1.82, 2.24) is 14.9 Å². The molecule has 2 aliphatic heterocycles. The Kier molecular flexibility index (Phi) is 2.02. The van der Waals surface area contributed by atoms with E-state index in [0.29, 0.717) is 5.92 Å². The number of nitrogens with zero attached hydrogens (tertiary/aromatic N) is 3. The van der Waals surface area contributed by atoms with Gasteiger partial charge in [-0.05, 0) is 32.7 Å². The highest BCUT2D eigenvalue weighted by atomic mass is 15.2. The molecule has 3 heterocycles. The molecule has 0 N–H and O–H groups in total. The number of hydrogen-bond acceptors (Lipinski definition) is 3. The van der Waals surface area contributed by atoms with Crippen LogP contribution in [0.2, 0.25) is 0 Å². The molecule has 0 aliphatic carbocycles. The molecule has 0 saturated carbocycles. The quantitative estimate of drug-likeness (QED) is 0.693. The number of aryl methyl sites for hydroxylation is 2.